The van der Waals surface area contributed by atoms with E-state index in [2.05, 4.69) is 31.0 Å². The molecule has 0 aromatic rings. The van der Waals surface area contributed by atoms with Crippen LogP contribution in [0.4, 0.5) is 0 Å². The van der Waals surface area contributed by atoms with Gasteiger partial charge in [-0.2, -0.15) is 11.8 Å². The fourth-order valence-corrected chi connectivity index (χ4v) is 2.87. The summed E-state index contributed by atoms with van der Waals surface area (Å²) >= 11 is 1.73. The topological polar surface area (TPSA) is 58.4 Å². The van der Waals surface area contributed by atoms with E-state index in [4.69, 9.17) is 5.73 Å². The summed E-state index contributed by atoms with van der Waals surface area (Å²) in [6.07, 6.45) is 4.84. The van der Waals surface area contributed by atoms with Crippen molar-refractivity contribution in [3.8, 4) is 0 Å². The van der Waals surface area contributed by atoms with Gasteiger partial charge in [-0.05, 0) is 52.0 Å². The maximum atomic E-state index is 11.9. The lowest BCUT2D eigenvalue weighted by molar-refractivity contribution is -0.123. The van der Waals surface area contributed by atoms with Gasteiger partial charge in [0.2, 0.25) is 5.91 Å². The van der Waals surface area contributed by atoms with Gasteiger partial charge in [0.15, 0.2) is 0 Å². The van der Waals surface area contributed by atoms with E-state index >= 15 is 0 Å². The van der Waals surface area contributed by atoms with Crippen LogP contribution >= 0.6 is 11.8 Å². The Labute approximate surface area is 121 Å². The molecule has 112 valence electrons. The Bertz CT molecular complexity index is 283. The van der Waals surface area contributed by atoms with Crippen LogP contribution in [0.5, 0.6) is 0 Å². The summed E-state index contributed by atoms with van der Waals surface area (Å²) in [6.45, 7) is 8.82. The van der Waals surface area contributed by atoms with Gasteiger partial charge in [-0.15, -0.1) is 0 Å². The second-order valence-corrected chi connectivity index (χ2v) is 7.31. The average molecular weight is 287 g/mol. The van der Waals surface area contributed by atoms with Crippen LogP contribution < -0.4 is 11.1 Å². The third-order valence-electron chi connectivity index (χ3n) is 3.76. The lowest BCUT2D eigenvalue weighted by atomic mass is 9.98. The van der Waals surface area contributed by atoms with E-state index in [1.807, 2.05) is 6.26 Å². The molecule has 5 heteroatoms. The maximum absolute atomic E-state index is 11.9. The van der Waals surface area contributed by atoms with Gasteiger partial charge in [0.1, 0.15) is 0 Å². The Hall–Kier alpha value is -0.260. The van der Waals surface area contributed by atoms with Crippen molar-refractivity contribution in [3.63, 3.8) is 0 Å². The number of nitrogens with two attached hydrogens (primary N) is 1. The second kappa shape index (κ2) is 7.50. The number of nitrogens with zero attached hydrogens (tertiary/aromatic N) is 1. The van der Waals surface area contributed by atoms with E-state index in [1.54, 1.807) is 11.8 Å². The van der Waals surface area contributed by atoms with Crippen LogP contribution in [0.2, 0.25) is 0 Å². The lowest BCUT2D eigenvalue weighted by Gasteiger charge is -2.41. The highest BCUT2D eigenvalue weighted by molar-refractivity contribution is 7.98. The number of thioether (sulfide) groups is 1. The third kappa shape index (κ3) is 5.71. The Morgan fingerprint density at radius 1 is 1.42 bits per heavy atom. The third-order valence-corrected chi connectivity index (χ3v) is 4.40. The van der Waals surface area contributed by atoms with Gasteiger partial charge in [-0.3, -0.25) is 9.69 Å². The predicted molar refractivity (Wildman–Crippen MR) is 83.5 cm³/mol. The van der Waals surface area contributed by atoms with Gasteiger partial charge in [0.05, 0.1) is 6.04 Å². The quantitative estimate of drug-likeness (QED) is 0.803. The largest absolute Gasteiger partial charge is 0.352 e. The van der Waals surface area contributed by atoms with Gasteiger partial charge in [-0.25, -0.2) is 0 Å². The van der Waals surface area contributed by atoms with Crippen LogP contribution in [0, 0.1) is 0 Å². The molecule has 1 heterocycles. The van der Waals surface area contributed by atoms with Crippen molar-refractivity contribution in [1.29, 1.82) is 0 Å². The Morgan fingerprint density at radius 3 is 2.47 bits per heavy atom. The van der Waals surface area contributed by atoms with Crippen LogP contribution in [0.15, 0.2) is 0 Å². The molecule has 0 aromatic carbocycles. The number of rotatable bonds is 5. The van der Waals surface area contributed by atoms with E-state index in [1.165, 1.54) is 0 Å². The number of likely N-dealkylation sites (tertiary alicyclic amines) is 1. The first-order chi connectivity index (χ1) is 8.84. The molecule has 1 fully saturated rings. The van der Waals surface area contributed by atoms with E-state index < -0.39 is 0 Å². The van der Waals surface area contributed by atoms with Gasteiger partial charge >= 0.3 is 0 Å². The van der Waals surface area contributed by atoms with Gasteiger partial charge in [-0.1, -0.05) is 0 Å². The minimum absolute atomic E-state index is 0.0169. The zero-order chi connectivity index (χ0) is 14.5. The van der Waals surface area contributed by atoms with Crippen LogP contribution in [-0.4, -0.2) is 53.5 Å². The van der Waals surface area contributed by atoms with E-state index in [9.17, 15) is 4.79 Å². The molecule has 0 radical (unpaired) electrons. The summed E-state index contributed by atoms with van der Waals surface area (Å²) in [5.41, 5.74) is 6.11. The van der Waals surface area contributed by atoms with Crippen molar-refractivity contribution in [2.75, 3.05) is 25.1 Å². The number of nitrogens with one attached hydrogen (secondary N) is 1. The Kier molecular flexibility index (Phi) is 6.63. The molecule has 3 N–H and O–H groups in total. The number of amides is 1. The standard InChI is InChI=1S/C14H29N3OS/c1-14(2,3)17-8-5-11(6-9-17)16-13(18)12(15)7-10-19-4/h11-12H,5-10,15H2,1-4H3,(H,16,18)/t12-/m0/s1. The molecule has 19 heavy (non-hydrogen) atoms. The summed E-state index contributed by atoms with van der Waals surface area (Å²) < 4.78 is 0. The first-order valence-electron chi connectivity index (χ1n) is 7.14. The molecule has 4 nitrogen and oxygen atoms in total. The van der Waals surface area contributed by atoms with Crippen molar-refractivity contribution < 1.29 is 4.79 Å². The molecular formula is C14H29N3OS. The Balaban J connectivity index is 2.31. The molecule has 1 atom stereocenters. The van der Waals surface area contributed by atoms with Crippen LogP contribution in [0.25, 0.3) is 0 Å². The second-order valence-electron chi connectivity index (χ2n) is 6.33. The maximum Gasteiger partial charge on any atom is 0.237 e. The molecule has 1 rings (SSSR count). The number of hydrogen-bond donors (Lipinski definition) is 2. The number of hydrogen-bond acceptors (Lipinski definition) is 4. The summed E-state index contributed by atoms with van der Waals surface area (Å²) in [6, 6.07) is -0.0560. The minimum atomic E-state index is -0.354. The number of piperidine rings is 1. The highest BCUT2D eigenvalue weighted by atomic mass is 32.2. The monoisotopic (exact) mass is 287 g/mol. The van der Waals surface area contributed by atoms with Gasteiger partial charge in [0.25, 0.3) is 0 Å². The number of carbonyl (C=O) groups excluding carboxylic acids is 1. The molecule has 0 spiro atoms. The predicted octanol–water partition coefficient (Wildman–Crippen LogP) is 1.45. The summed E-state index contributed by atoms with van der Waals surface area (Å²) in [7, 11) is 0. The fourth-order valence-electron chi connectivity index (χ4n) is 2.38. The van der Waals surface area contributed by atoms with Crippen molar-refractivity contribution in [2.45, 2.75) is 57.7 Å². The average Bonchev–Trinajstić information content (AvgIpc) is 2.35. The summed E-state index contributed by atoms with van der Waals surface area (Å²) in [5.74, 6) is 0.958. The van der Waals surface area contributed by atoms with Gasteiger partial charge < -0.3 is 11.1 Å². The molecule has 0 aromatic heterocycles. The molecular weight excluding hydrogens is 258 g/mol. The van der Waals surface area contributed by atoms with Crippen LogP contribution in [0.3, 0.4) is 0 Å². The van der Waals surface area contributed by atoms with Crippen molar-refractivity contribution in [1.82, 2.24) is 10.2 Å². The van der Waals surface area contributed by atoms with Crippen LogP contribution in [-0.2, 0) is 4.79 Å². The molecule has 0 unspecified atom stereocenters. The lowest BCUT2D eigenvalue weighted by Crippen LogP contribution is -2.53. The smallest absolute Gasteiger partial charge is 0.237 e. The van der Waals surface area contributed by atoms with E-state index in [0.29, 0.717) is 6.04 Å². The highest BCUT2D eigenvalue weighted by Gasteiger charge is 2.28. The molecule has 0 saturated carbocycles. The minimum Gasteiger partial charge on any atom is -0.352 e. The van der Waals surface area contributed by atoms with E-state index in [0.717, 1.165) is 38.1 Å². The molecule has 1 amide bonds. The first-order valence-corrected chi connectivity index (χ1v) is 8.54. The van der Waals surface area contributed by atoms with Crippen molar-refractivity contribution >= 4 is 17.7 Å². The van der Waals surface area contributed by atoms with Crippen molar-refractivity contribution in [3.05, 3.63) is 0 Å². The zero-order valence-electron chi connectivity index (χ0n) is 12.7. The highest BCUT2D eigenvalue weighted by Crippen LogP contribution is 2.20. The van der Waals surface area contributed by atoms with Crippen LogP contribution in [0.1, 0.15) is 40.0 Å². The SMILES string of the molecule is CSCC[C@H](N)C(=O)NC1CCN(C(C)(C)C)CC1. The normalized spacial score (nSPS) is 20.3. The van der Waals surface area contributed by atoms with Crippen molar-refractivity contribution in [2.24, 2.45) is 5.73 Å². The molecule has 1 saturated heterocycles. The summed E-state index contributed by atoms with van der Waals surface area (Å²) in [4.78, 5) is 14.4. The fraction of sp³-hybridized carbons (Fsp3) is 0.929. The van der Waals surface area contributed by atoms with E-state index in [-0.39, 0.29) is 17.5 Å². The van der Waals surface area contributed by atoms with Gasteiger partial charge in [0, 0.05) is 24.7 Å². The molecule has 0 aliphatic carbocycles. The summed E-state index contributed by atoms with van der Waals surface area (Å²) in [5, 5.41) is 3.10. The molecule has 1 aliphatic heterocycles. The number of carbonyl (C=O) groups is 1. The first kappa shape index (κ1) is 16.8. The molecule has 0 bridgehead atoms. The molecule has 1 aliphatic rings. The Morgan fingerprint density at radius 2 is 2.00 bits per heavy atom. The zero-order valence-corrected chi connectivity index (χ0v) is 13.6.